The molecule has 1 heterocycles. The first-order valence-electron chi connectivity index (χ1n) is 7.78. The van der Waals surface area contributed by atoms with Crippen LogP contribution in [-0.4, -0.2) is 30.5 Å². The summed E-state index contributed by atoms with van der Waals surface area (Å²) in [5.41, 5.74) is 0. The Balaban J connectivity index is 1.58. The topological polar surface area (TPSA) is 38.3 Å². The lowest BCUT2D eigenvalue weighted by Crippen LogP contribution is -2.35. The Morgan fingerprint density at radius 2 is 1.95 bits per heavy atom. The Labute approximate surface area is 121 Å². The molecular weight excluding hydrogens is 262 g/mol. The van der Waals surface area contributed by atoms with Gasteiger partial charge in [0.1, 0.15) is 0 Å². The van der Waals surface area contributed by atoms with Gasteiger partial charge in [-0.2, -0.15) is 0 Å². The summed E-state index contributed by atoms with van der Waals surface area (Å²) in [6.45, 7) is 1.61. The number of hydrogen-bond acceptors (Lipinski definition) is 2. The molecular formula is C15H26ClNO2. The summed E-state index contributed by atoms with van der Waals surface area (Å²) in [5, 5.41) is 3.29. The molecule has 3 unspecified atom stereocenters. The number of rotatable bonds is 5. The summed E-state index contributed by atoms with van der Waals surface area (Å²) in [6.07, 6.45) is 10.00. The molecule has 3 nitrogen and oxygen atoms in total. The van der Waals surface area contributed by atoms with E-state index >= 15 is 0 Å². The largest absolute Gasteiger partial charge is 0.378 e. The highest BCUT2D eigenvalue weighted by Crippen LogP contribution is 2.28. The van der Waals surface area contributed by atoms with Gasteiger partial charge in [-0.15, -0.1) is 11.6 Å². The van der Waals surface area contributed by atoms with E-state index < -0.39 is 0 Å². The molecule has 1 aliphatic heterocycles. The van der Waals surface area contributed by atoms with Crippen molar-refractivity contribution >= 4 is 17.5 Å². The van der Waals surface area contributed by atoms with Crippen molar-refractivity contribution in [1.29, 1.82) is 0 Å². The van der Waals surface area contributed by atoms with E-state index in [9.17, 15) is 4.79 Å². The second kappa shape index (κ2) is 8.11. The van der Waals surface area contributed by atoms with Crippen LogP contribution in [0, 0.1) is 5.92 Å². The van der Waals surface area contributed by atoms with Gasteiger partial charge in [0.15, 0.2) is 0 Å². The third-order valence-corrected chi connectivity index (χ3v) is 4.92. The zero-order chi connectivity index (χ0) is 13.5. The van der Waals surface area contributed by atoms with E-state index in [1.54, 1.807) is 0 Å². The van der Waals surface area contributed by atoms with Crippen LogP contribution in [0.25, 0.3) is 0 Å². The van der Waals surface area contributed by atoms with Crippen molar-refractivity contribution in [3.63, 3.8) is 0 Å². The quantitative estimate of drug-likeness (QED) is 0.788. The SMILES string of the molecule is O=C(CCC1CCCCO1)NCC1CCCCC1Cl. The summed E-state index contributed by atoms with van der Waals surface area (Å²) in [7, 11) is 0. The van der Waals surface area contributed by atoms with Gasteiger partial charge in [0.25, 0.3) is 0 Å². The number of amides is 1. The zero-order valence-corrected chi connectivity index (χ0v) is 12.5. The summed E-state index contributed by atoms with van der Waals surface area (Å²) >= 11 is 6.29. The highest BCUT2D eigenvalue weighted by Gasteiger charge is 2.23. The van der Waals surface area contributed by atoms with E-state index in [0.717, 1.165) is 38.8 Å². The number of halogens is 1. The number of ether oxygens (including phenoxy) is 1. The average Bonchev–Trinajstić information content (AvgIpc) is 2.45. The number of carbonyl (C=O) groups is 1. The predicted molar refractivity (Wildman–Crippen MR) is 77.4 cm³/mol. The van der Waals surface area contributed by atoms with Gasteiger partial charge in [0.05, 0.1) is 6.10 Å². The normalized spacial score (nSPS) is 31.9. The van der Waals surface area contributed by atoms with Crippen LogP contribution in [-0.2, 0) is 9.53 Å². The lowest BCUT2D eigenvalue weighted by atomic mass is 9.88. The maximum absolute atomic E-state index is 11.8. The van der Waals surface area contributed by atoms with Crippen LogP contribution in [0.3, 0.4) is 0 Å². The maximum atomic E-state index is 11.8. The van der Waals surface area contributed by atoms with Crippen molar-refractivity contribution < 1.29 is 9.53 Å². The van der Waals surface area contributed by atoms with E-state index in [-0.39, 0.29) is 11.3 Å². The Bertz CT molecular complexity index is 279. The fourth-order valence-electron chi connectivity index (χ4n) is 3.05. The number of hydrogen-bond donors (Lipinski definition) is 1. The van der Waals surface area contributed by atoms with Gasteiger partial charge in [-0.1, -0.05) is 12.8 Å². The highest BCUT2D eigenvalue weighted by molar-refractivity contribution is 6.20. The molecule has 2 fully saturated rings. The summed E-state index contributed by atoms with van der Waals surface area (Å²) < 4.78 is 5.64. The van der Waals surface area contributed by atoms with Crippen LogP contribution in [0.5, 0.6) is 0 Å². The minimum atomic E-state index is 0.156. The highest BCUT2D eigenvalue weighted by atomic mass is 35.5. The van der Waals surface area contributed by atoms with Crippen molar-refractivity contribution in [2.24, 2.45) is 5.92 Å². The molecule has 1 amide bonds. The molecule has 0 aromatic rings. The molecule has 2 rings (SSSR count). The molecule has 2 aliphatic rings. The fraction of sp³-hybridized carbons (Fsp3) is 0.933. The molecule has 0 aromatic heterocycles. The van der Waals surface area contributed by atoms with E-state index in [2.05, 4.69) is 5.32 Å². The van der Waals surface area contributed by atoms with E-state index in [1.807, 2.05) is 0 Å². The van der Waals surface area contributed by atoms with E-state index in [1.165, 1.54) is 25.7 Å². The first-order valence-corrected chi connectivity index (χ1v) is 8.21. The van der Waals surface area contributed by atoms with Crippen LogP contribution in [0.1, 0.15) is 57.8 Å². The molecule has 4 heteroatoms. The third kappa shape index (κ3) is 5.31. The lowest BCUT2D eigenvalue weighted by Gasteiger charge is -2.27. The second-order valence-corrected chi connectivity index (χ2v) is 6.45. The Morgan fingerprint density at radius 1 is 1.16 bits per heavy atom. The number of alkyl halides is 1. The summed E-state index contributed by atoms with van der Waals surface area (Å²) in [6, 6.07) is 0. The van der Waals surface area contributed by atoms with Crippen molar-refractivity contribution in [3.8, 4) is 0 Å². The molecule has 19 heavy (non-hydrogen) atoms. The Morgan fingerprint density at radius 3 is 2.68 bits per heavy atom. The second-order valence-electron chi connectivity index (χ2n) is 5.89. The third-order valence-electron chi connectivity index (χ3n) is 4.35. The van der Waals surface area contributed by atoms with Crippen molar-refractivity contribution in [3.05, 3.63) is 0 Å². The van der Waals surface area contributed by atoms with Crippen LogP contribution in [0.15, 0.2) is 0 Å². The van der Waals surface area contributed by atoms with Gasteiger partial charge >= 0.3 is 0 Å². The molecule has 0 radical (unpaired) electrons. The lowest BCUT2D eigenvalue weighted by molar-refractivity contribution is -0.122. The van der Waals surface area contributed by atoms with Gasteiger partial charge in [-0.05, 0) is 44.4 Å². The van der Waals surface area contributed by atoms with Gasteiger partial charge in [0, 0.05) is 24.9 Å². The van der Waals surface area contributed by atoms with E-state index in [0.29, 0.717) is 18.4 Å². The first kappa shape index (κ1) is 15.1. The van der Waals surface area contributed by atoms with Gasteiger partial charge < -0.3 is 10.1 Å². The van der Waals surface area contributed by atoms with Gasteiger partial charge in [-0.25, -0.2) is 0 Å². The van der Waals surface area contributed by atoms with Gasteiger partial charge in [0.2, 0.25) is 5.91 Å². The molecule has 1 aliphatic carbocycles. The number of carbonyl (C=O) groups excluding carboxylic acids is 1. The van der Waals surface area contributed by atoms with Gasteiger partial charge in [-0.3, -0.25) is 4.79 Å². The predicted octanol–water partition coefficient (Wildman–Crippen LogP) is 3.25. The number of nitrogens with one attached hydrogen (secondary N) is 1. The smallest absolute Gasteiger partial charge is 0.220 e. The summed E-state index contributed by atoms with van der Waals surface area (Å²) in [4.78, 5) is 11.8. The minimum absolute atomic E-state index is 0.156. The maximum Gasteiger partial charge on any atom is 0.220 e. The Kier molecular flexibility index (Phi) is 6.45. The standard InChI is InChI=1S/C15H26ClNO2/c16-14-7-2-1-5-12(14)11-17-15(18)9-8-13-6-3-4-10-19-13/h12-14H,1-11H2,(H,17,18). The fourth-order valence-corrected chi connectivity index (χ4v) is 3.42. The summed E-state index contributed by atoms with van der Waals surface area (Å²) in [5.74, 6) is 0.619. The molecule has 1 saturated heterocycles. The first-order chi connectivity index (χ1) is 9.25. The van der Waals surface area contributed by atoms with Crippen LogP contribution >= 0.6 is 11.6 Å². The van der Waals surface area contributed by atoms with Crippen LogP contribution in [0.4, 0.5) is 0 Å². The van der Waals surface area contributed by atoms with Crippen LogP contribution < -0.4 is 5.32 Å². The van der Waals surface area contributed by atoms with Crippen LogP contribution in [0.2, 0.25) is 0 Å². The monoisotopic (exact) mass is 287 g/mol. The molecule has 110 valence electrons. The average molecular weight is 288 g/mol. The molecule has 1 N–H and O–H groups in total. The minimum Gasteiger partial charge on any atom is -0.378 e. The molecule has 0 spiro atoms. The van der Waals surface area contributed by atoms with Crippen molar-refractivity contribution in [2.75, 3.05) is 13.2 Å². The molecule has 0 aromatic carbocycles. The molecule has 3 atom stereocenters. The molecule has 0 bridgehead atoms. The van der Waals surface area contributed by atoms with E-state index in [4.69, 9.17) is 16.3 Å². The van der Waals surface area contributed by atoms with Crippen molar-refractivity contribution in [2.45, 2.75) is 69.3 Å². The Hall–Kier alpha value is -0.280. The zero-order valence-electron chi connectivity index (χ0n) is 11.7. The van der Waals surface area contributed by atoms with Crippen molar-refractivity contribution in [1.82, 2.24) is 5.32 Å². The molecule has 1 saturated carbocycles.